The van der Waals surface area contributed by atoms with Gasteiger partial charge < -0.3 is 9.47 Å². The van der Waals surface area contributed by atoms with Crippen LogP contribution in [0, 0.1) is 5.82 Å². The molecule has 0 spiro atoms. The third kappa shape index (κ3) is 3.49. The van der Waals surface area contributed by atoms with E-state index in [2.05, 4.69) is 9.47 Å². The highest BCUT2D eigenvalue weighted by Crippen LogP contribution is 2.24. The number of esters is 2. The lowest BCUT2D eigenvalue weighted by Crippen LogP contribution is -2.05. The molecule has 22 heavy (non-hydrogen) atoms. The average molecular weight is 302 g/mol. The van der Waals surface area contributed by atoms with Gasteiger partial charge in [-0.1, -0.05) is 30.3 Å². The van der Waals surface area contributed by atoms with Gasteiger partial charge in [0.05, 0.1) is 26.2 Å². The second kappa shape index (κ2) is 6.85. The van der Waals surface area contributed by atoms with Crippen molar-refractivity contribution in [2.75, 3.05) is 14.2 Å². The minimum atomic E-state index is -0.731. The van der Waals surface area contributed by atoms with Gasteiger partial charge in [0.25, 0.3) is 0 Å². The Morgan fingerprint density at radius 1 is 1.00 bits per heavy atom. The van der Waals surface area contributed by atoms with Crippen LogP contribution in [0.3, 0.4) is 0 Å². The van der Waals surface area contributed by atoms with Crippen molar-refractivity contribution in [1.82, 2.24) is 0 Å². The Hall–Kier alpha value is -2.69. The molecule has 0 unspecified atom stereocenters. The van der Waals surface area contributed by atoms with Crippen LogP contribution in [0.5, 0.6) is 0 Å². The van der Waals surface area contributed by atoms with Gasteiger partial charge in [-0.3, -0.25) is 4.79 Å². The van der Waals surface area contributed by atoms with Gasteiger partial charge in [-0.05, 0) is 28.8 Å². The maximum absolute atomic E-state index is 13.7. The van der Waals surface area contributed by atoms with E-state index in [0.717, 1.165) is 11.1 Å². The van der Waals surface area contributed by atoms with Gasteiger partial charge in [0.1, 0.15) is 5.82 Å². The number of hydrogen-bond donors (Lipinski definition) is 0. The first-order valence-electron chi connectivity index (χ1n) is 6.59. The molecule has 0 bridgehead atoms. The van der Waals surface area contributed by atoms with E-state index in [1.807, 2.05) is 6.07 Å². The Labute approximate surface area is 127 Å². The largest absolute Gasteiger partial charge is 0.469 e. The summed E-state index contributed by atoms with van der Waals surface area (Å²) in [6, 6.07) is 11.4. The van der Waals surface area contributed by atoms with E-state index in [9.17, 15) is 14.0 Å². The highest BCUT2D eigenvalue weighted by molar-refractivity contribution is 5.91. The molecule has 0 amide bonds. The van der Waals surface area contributed by atoms with E-state index in [1.165, 1.54) is 26.4 Å². The zero-order chi connectivity index (χ0) is 16.1. The van der Waals surface area contributed by atoms with Gasteiger partial charge >= 0.3 is 11.9 Å². The standard InChI is InChI=1S/C17H15FO4/c1-21-16(19)9-11-4-3-5-12(8-11)13-6-7-15(18)14(10-13)17(20)22-2/h3-8,10H,9H2,1-2H3. The number of hydrogen-bond acceptors (Lipinski definition) is 4. The second-order valence-corrected chi connectivity index (χ2v) is 4.64. The molecule has 0 aliphatic heterocycles. The molecule has 0 aliphatic carbocycles. The van der Waals surface area contributed by atoms with E-state index < -0.39 is 11.8 Å². The summed E-state index contributed by atoms with van der Waals surface area (Å²) < 4.78 is 22.8. The van der Waals surface area contributed by atoms with Crippen LogP contribution in [-0.4, -0.2) is 26.2 Å². The van der Waals surface area contributed by atoms with Crippen molar-refractivity contribution in [3.05, 3.63) is 59.4 Å². The van der Waals surface area contributed by atoms with Gasteiger partial charge in [-0.15, -0.1) is 0 Å². The molecule has 0 radical (unpaired) electrons. The third-order valence-corrected chi connectivity index (χ3v) is 3.21. The molecule has 0 heterocycles. The van der Waals surface area contributed by atoms with Crippen LogP contribution in [0.25, 0.3) is 11.1 Å². The van der Waals surface area contributed by atoms with Crippen LogP contribution < -0.4 is 0 Å². The molecular weight excluding hydrogens is 287 g/mol. The fourth-order valence-corrected chi connectivity index (χ4v) is 2.07. The van der Waals surface area contributed by atoms with Crippen molar-refractivity contribution >= 4 is 11.9 Å². The highest BCUT2D eigenvalue weighted by Gasteiger charge is 2.13. The smallest absolute Gasteiger partial charge is 0.340 e. The molecule has 0 aromatic heterocycles. The van der Waals surface area contributed by atoms with Crippen molar-refractivity contribution < 1.29 is 23.5 Å². The molecule has 0 fully saturated rings. The highest BCUT2D eigenvalue weighted by atomic mass is 19.1. The number of rotatable bonds is 4. The minimum Gasteiger partial charge on any atom is -0.469 e. The Bertz CT molecular complexity index is 710. The monoisotopic (exact) mass is 302 g/mol. The summed E-state index contributed by atoms with van der Waals surface area (Å²) in [5, 5.41) is 0. The summed E-state index contributed by atoms with van der Waals surface area (Å²) in [4.78, 5) is 22.9. The maximum atomic E-state index is 13.7. The Morgan fingerprint density at radius 2 is 1.73 bits per heavy atom. The van der Waals surface area contributed by atoms with Crippen molar-refractivity contribution in [1.29, 1.82) is 0 Å². The molecule has 0 saturated carbocycles. The first kappa shape index (κ1) is 15.7. The number of carbonyl (C=O) groups excluding carboxylic acids is 2. The summed E-state index contributed by atoms with van der Waals surface area (Å²) >= 11 is 0. The van der Waals surface area contributed by atoms with Crippen LogP contribution in [0.1, 0.15) is 15.9 Å². The molecule has 0 atom stereocenters. The molecule has 4 nitrogen and oxygen atoms in total. The molecule has 2 aromatic rings. The normalized spacial score (nSPS) is 10.1. The van der Waals surface area contributed by atoms with Gasteiger partial charge in [-0.25, -0.2) is 9.18 Å². The predicted molar refractivity (Wildman–Crippen MR) is 78.9 cm³/mol. The minimum absolute atomic E-state index is 0.127. The van der Waals surface area contributed by atoms with Crippen LogP contribution in [0.4, 0.5) is 4.39 Å². The lowest BCUT2D eigenvalue weighted by atomic mass is 10.00. The van der Waals surface area contributed by atoms with E-state index in [-0.39, 0.29) is 18.0 Å². The van der Waals surface area contributed by atoms with E-state index in [0.29, 0.717) is 5.56 Å². The number of carbonyl (C=O) groups is 2. The molecule has 0 aliphatic rings. The molecule has 2 rings (SSSR count). The van der Waals surface area contributed by atoms with Gasteiger partial charge in [0.2, 0.25) is 0 Å². The lowest BCUT2D eigenvalue weighted by Gasteiger charge is -2.07. The van der Waals surface area contributed by atoms with Crippen LogP contribution in [0.15, 0.2) is 42.5 Å². The van der Waals surface area contributed by atoms with Crippen molar-refractivity contribution in [2.24, 2.45) is 0 Å². The maximum Gasteiger partial charge on any atom is 0.340 e. The fraction of sp³-hybridized carbons (Fsp3) is 0.176. The first-order chi connectivity index (χ1) is 10.5. The van der Waals surface area contributed by atoms with E-state index in [4.69, 9.17) is 0 Å². The Kier molecular flexibility index (Phi) is 4.88. The summed E-state index contributed by atoms with van der Waals surface area (Å²) in [5.41, 5.74) is 2.08. The number of halogens is 1. The predicted octanol–water partition coefficient (Wildman–Crippen LogP) is 2.99. The van der Waals surface area contributed by atoms with Gasteiger partial charge in [0.15, 0.2) is 0 Å². The van der Waals surface area contributed by atoms with E-state index in [1.54, 1.807) is 24.3 Å². The topological polar surface area (TPSA) is 52.6 Å². The molecule has 2 aromatic carbocycles. The number of ether oxygens (including phenoxy) is 2. The van der Waals surface area contributed by atoms with Crippen molar-refractivity contribution in [3.8, 4) is 11.1 Å². The number of methoxy groups -OCH3 is 2. The zero-order valence-electron chi connectivity index (χ0n) is 12.3. The SMILES string of the molecule is COC(=O)Cc1cccc(-c2ccc(F)c(C(=O)OC)c2)c1. The summed E-state index contributed by atoms with van der Waals surface area (Å²) in [7, 11) is 2.53. The van der Waals surface area contributed by atoms with Crippen molar-refractivity contribution in [3.63, 3.8) is 0 Å². The van der Waals surface area contributed by atoms with Crippen LogP contribution in [0.2, 0.25) is 0 Å². The quantitative estimate of drug-likeness (QED) is 0.815. The van der Waals surface area contributed by atoms with Crippen LogP contribution >= 0.6 is 0 Å². The second-order valence-electron chi connectivity index (χ2n) is 4.64. The first-order valence-corrected chi connectivity index (χ1v) is 6.59. The summed E-state index contributed by atoms with van der Waals surface area (Å²) in [6.45, 7) is 0. The van der Waals surface area contributed by atoms with Crippen molar-refractivity contribution in [2.45, 2.75) is 6.42 Å². The Morgan fingerprint density at radius 3 is 2.41 bits per heavy atom. The fourth-order valence-electron chi connectivity index (χ4n) is 2.07. The summed E-state index contributed by atoms with van der Waals surface area (Å²) in [5.74, 6) is -1.71. The zero-order valence-corrected chi connectivity index (χ0v) is 12.3. The number of benzene rings is 2. The molecule has 114 valence electrons. The molecular formula is C17H15FO4. The lowest BCUT2D eigenvalue weighted by molar-refractivity contribution is -0.139. The van der Waals surface area contributed by atoms with Crippen LogP contribution in [-0.2, 0) is 20.7 Å². The van der Waals surface area contributed by atoms with E-state index >= 15 is 0 Å². The summed E-state index contributed by atoms with van der Waals surface area (Å²) in [6.07, 6.45) is 0.148. The molecule has 0 N–H and O–H groups in total. The third-order valence-electron chi connectivity index (χ3n) is 3.21. The Balaban J connectivity index is 2.38. The van der Waals surface area contributed by atoms with Gasteiger partial charge in [0, 0.05) is 0 Å². The molecule has 5 heteroatoms. The van der Waals surface area contributed by atoms with Gasteiger partial charge in [-0.2, -0.15) is 0 Å². The molecule has 0 saturated heterocycles. The average Bonchev–Trinajstić information content (AvgIpc) is 2.54.